The number of nitrogens with zero attached hydrogens (tertiary/aromatic N) is 2. The number of H-pyrrole nitrogens is 1. The molecule has 0 amide bonds. The zero-order valence-electron chi connectivity index (χ0n) is 10.3. The van der Waals surface area contributed by atoms with Crippen LogP contribution in [0.25, 0.3) is 0 Å². The largest absolute Gasteiger partial charge is 0.392 e. The second-order valence-electron chi connectivity index (χ2n) is 4.01. The molecular formula is C11H14N4O3S. The van der Waals surface area contributed by atoms with E-state index in [1.54, 1.807) is 18.5 Å². The van der Waals surface area contributed by atoms with Crippen molar-refractivity contribution in [2.45, 2.75) is 25.1 Å². The summed E-state index contributed by atoms with van der Waals surface area (Å²) in [5, 5.41) is 14.9. The Balaban J connectivity index is 2.17. The molecule has 0 aliphatic heterocycles. The number of sulfonamides is 1. The third kappa shape index (κ3) is 2.98. The van der Waals surface area contributed by atoms with E-state index in [0.29, 0.717) is 0 Å². The van der Waals surface area contributed by atoms with Crippen molar-refractivity contribution in [2.75, 3.05) is 0 Å². The summed E-state index contributed by atoms with van der Waals surface area (Å²) in [4.78, 5) is 3.95. The fraction of sp³-hybridized carbons (Fsp3) is 0.273. The van der Waals surface area contributed by atoms with E-state index >= 15 is 0 Å². The van der Waals surface area contributed by atoms with Gasteiger partial charge in [0.15, 0.2) is 5.03 Å². The van der Waals surface area contributed by atoms with E-state index in [4.69, 9.17) is 5.11 Å². The lowest BCUT2D eigenvalue weighted by Crippen LogP contribution is -2.25. The maximum Gasteiger partial charge on any atom is 0.258 e. The van der Waals surface area contributed by atoms with Gasteiger partial charge in [-0.1, -0.05) is 0 Å². The molecule has 0 atom stereocenters. The highest BCUT2D eigenvalue weighted by atomic mass is 32.2. The van der Waals surface area contributed by atoms with Crippen molar-refractivity contribution in [1.82, 2.24) is 19.9 Å². The first-order valence-electron chi connectivity index (χ1n) is 5.57. The molecule has 0 saturated heterocycles. The van der Waals surface area contributed by atoms with Gasteiger partial charge in [0.2, 0.25) is 0 Å². The van der Waals surface area contributed by atoms with Crippen LogP contribution in [0.3, 0.4) is 0 Å². The Morgan fingerprint density at radius 3 is 2.84 bits per heavy atom. The number of aromatic amines is 1. The van der Waals surface area contributed by atoms with Gasteiger partial charge in [-0.3, -0.25) is 10.1 Å². The van der Waals surface area contributed by atoms with Crippen molar-refractivity contribution >= 4 is 10.0 Å². The van der Waals surface area contributed by atoms with E-state index in [9.17, 15) is 8.42 Å². The average Bonchev–Trinajstić information content (AvgIpc) is 2.87. The van der Waals surface area contributed by atoms with Crippen LogP contribution in [0.5, 0.6) is 0 Å². The standard InChI is InChI=1S/C11H14N4O3S/c1-8-2-3-12-4-9(8)6-14-19(17,18)11-10(7-16)5-13-15-11/h2-5,14,16H,6-7H2,1H3,(H,13,15). The molecule has 0 aromatic carbocycles. The normalized spacial score (nSPS) is 11.7. The molecule has 2 rings (SSSR count). The molecule has 0 aliphatic rings. The zero-order chi connectivity index (χ0) is 13.9. The summed E-state index contributed by atoms with van der Waals surface area (Å²) in [6.45, 7) is 1.62. The SMILES string of the molecule is Cc1ccncc1CNS(=O)(=O)c1[nH]ncc1CO. The highest BCUT2D eigenvalue weighted by Crippen LogP contribution is 2.12. The van der Waals surface area contributed by atoms with Gasteiger partial charge < -0.3 is 5.11 Å². The Kier molecular flexibility index (Phi) is 3.93. The van der Waals surface area contributed by atoms with Gasteiger partial charge in [0, 0.05) is 24.5 Å². The molecule has 0 aliphatic carbocycles. The van der Waals surface area contributed by atoms with Gasteiger partial charge in [0.05, 0.1) is 12.8 Å². The molecule has 2 heterocycles. The molecule has 0 bridgehead atoms. The fourth-order valence-corrected chi connectivity index (χ4v) is 2.70. The summed E-state index contributed by atoms with van der Waals surface area (Å²) >= 11 is 0. The summed E-state index contributed by atoms with van der Waals surface area (Å²) in [5.41, 5.74) is 1.97. The smallest absolute Gasteiger partial charge is 0.258 e. The molecule has 0 fully saturated rings. The Bertz CT molecular complexity index is 666. The second-order valence-corrected chi connectivity index (χ2v) is 5.71. The molecule has 2 aromatic rings. The van der Waals surface area contributed by atoms with Crippen molar-refractivity contribution in [2.24, 2.45) is 0 Å². The summed E-state index contributed by atoms with van der Waals surface area (Å²) in [7, 11) is -3.73. The maximum atomic E-state index is 12.0. The minimum atomic E-state index is -3.73. The molecule has 8 heteroatoms. The zero-order valence-corrected chi connectivity index (χ0v) is 11.1. The van der Waals surface area contributed by atoms with E-state index in [1.165, 1.54) is 6.20 Å². The number of nitrogens with one attached hydrogen (secondary N) is 2. The molecular weight excluding hydrogens is 268 g/mol. The van der Waals surface area contributed by atoms with E-state index in [2.05, 4.69) is 19.9 Å². The Labute approximate surface area is 110 Å². The van der Waals surface area contributed by atoms with E-state index < -0.39 is 16.6 Å². The summed E-state index contributed by atoms with van der Waals surface area (Å²) in [6.07, 6.45) is 4.54. The lowest BCUT2D eigenvalue weighted by molar-refractivity contribution is 0.278. The number of hydrogen-bond donors (Lipinski definition) is 3. The van der Waals surface area contributed by atoms with Crippen LogP contribution in [0, 0.1) is 6.92 Å². The van der Waals surface area contributed by atoms with Crippen LogP contribution in [0.2, 0.25) is 0 Å². The van der Waals surface area contributed by atoms with Gasteiger partial charge >= 0.3 is 0 Å². The van der Waals surface area contributed by atoms with Crippen LogP contribution in [0.1, 0.15) is 16.7 Å². The number of aryl methyl sites for hydroxylation is 1. The van der Waals surface area contributed by atoms with Crippen LogP contribution in [-0.4, -0.2) is 28.7 Å². The number of aliphatic hydroxyl groups is 1. The molecule has 3 N–H and O–H groups in total. The number of hydrogen-bond acceptors (Lipinski definition) is 5. The minimum absolute atomic E-state index is 0.114. The fourth-order valence-electron chi connectivity index (χ4n) is 1.57. The molecule has 0 radical (unpaired) electrons. The lowest BCUT2D eigenvalue weighted by atomic mass is 10.2. The first kappa shape index (κ1) is 13.7. The van der Waals surface area contributed by atoms with Crippen molar-refractivity contribution in [1.29, 1.82) is 0 Å². The monoisotopic (exact) mass is 282 g/mol. The van der Waals surface area contributed by atoms with Gasteiger partial charge in [0.25, 0.3) is 10.0 Å². The van der Waals surface area contributed by atoms with Crippen LogP contribution >= 0.6 is 0 Å². The van der Waals surface area contributed by atoms with Gasteiger partial charge in [-0.2, -0.15) is 5.10 Å². The van der Waals surface area contributed by atoms with E-state index in [0.717, 1.165) is 11.1 Å². The van der Waals surface area contributed by atoms with E-state index in [1.807, 2.05) is 6.92 Å². The molecule has 0 saturated carbocycles. The maximum absolute atomic E-state index is 12.0. The first-order valence-corrected chi connectivity index (χ1v) is 7.05. The Hall–Kier alpha value is -1.77. The molecule has 0 unspecified atom stereocenters. The molecule has 7 nitrogen and oxygen atoms in total. The minimum Gasteiger partial charge on any atom is -0.392 e. The number of pyridine rings is 1. The summed E-state index contributed by atoms with van der Waals surface area (Å²) in [6, 6.07) is 1.80. The third-order valence-corrected chi connectivity index (χ3v) is 4.13. The van der Waals surface area contributed by atoms with Crippen molar-refractivity contribution in [3.05, 3.63) is 41.3 Å². The van der Waals surface area contributed by atoms with Crippen LogP contribution in [0.4, 0.5) is 0 Å². The van der Waals surface area contributed by atoms with Crippen LogP contribution < -0.4 is 4.72 Å². The third-order valence-electron chi connectivity index (χ3n) is 2.72. The predicted molar refractivity (Wildman–Crippen MR) is 67.5 cm³/mol. The van der Waals surface area contributed by atoms with Gasteiger partial charge in [-0.05, 0) is 24.1 Å². The number of aliphatic hydroxyl groups excluding tert-OH is 1. The topological polar surface area (TPSA) is 108 Å². The van der Waals surface area contributed by atoms with E-state index in [-0.39, 0.29) is 17.1 Å². The van der Waals surface area contributed by atoms with Crippen LogP contribution in [0.15, 0.2) is 29.7 Å². The lowest BCUT2D eigenvalue weighted by Gasteiger charge is -2.08. The van der Waals surface area contributed by atoms with Gasteiger partial charge in [0.1, 0.15) is 0 Å². The summed E-state index contributed by atoms with van der Waals surface area (Å²) in [5.74, 6) is 0. The number of aromatic nitrogens is 3. The predicted octanol–water partition coefficient (Wildman–Crippen LogP) is 0.0839. The first-order chi connectivity index (χ1) is 9.04. The number of rotatable bonds is 5. The molecule has 19 heavy (non-hydrogen) atoms. The Morgan fingerprint density at radius 2 is 2.16 bits per heavy atom. The quantitative estimate of drug-likeness (QED) is 0.720. The summed E-state index contributed by atoms with van der Waals surface area (Å²) < 4.78 is 26.5. The van der Waals surface area contributed by atoms with Crippen molar-refractivity contribution in [3.63, 3.8) is 0 Å². The van der Waals surface area contributed by atoms with Gasteiger partial charge in [-0.15, -0.1) is 0 Å². The highest BCUT2D eigenvalue weighted by molar-refractivity contribution is 7.89. The van der Waals surface area contributed by atoms with Crippen molar-refractivity contribution < 1.29 is 13.5 Å². The van der Waals surface area contributed by atoms with Crippen molar-refractivity contribution in [3.8, 4) is 0 Å². The highest BCUT2D eigenvalue weighted by Gasteiger charge is 2.20. The van der Waals surface area contributed by atoms with Crippen LogP contribution in [-0.2, 0) is 23.2 Å². The van der Waals surface area contributed by atoms with Gasteiger partial charge in [-0.25, -0.2) is 13.1 Å². The molecule has 2 aromatic heterocycles. The Morgan fingerprint density at radius 1 is 1.37 bits per heavy atom. The second kappa shape index (κ2) is 5.47. The average molecular weight is 282 g/mol. The molecule has 0 spiro atoms. The molecule has 102 valence electrons.